The molecule has 0 spiro atoms. The molecule has 0 saturated carbocycles. The quantitative estimate of drug-likeness (QED) is 0.475. The van der Waals surface area contributed by atoms with Crippen molar-refractivity contribution in [3.05, 3.63) is 83.3 Å². The van der Waals surface area contributed by atoms with E-state index < -0.39 is 32.7 Å². The molecule has 1 aliphatic rings. The van der Waals surface area contributed by atoms with Gasteiger partial charge in [0.1, 0.15) is 5.82 Å². The lowest BCUT2D eigenvalue weighted by Crippen LogP contribution is -2.38. The molecule has 4 rings (SSSR count). The Hall–Kier alpha value is -3.51. The van der Waals surface area contributed by atoms with E-state index in [4.69, 9.17) is 5.14 Å². The number of hydrogen-bond acceptors (Lipinski definition) is 5. The van der Waals surface area contributed by atoms with Gasteiger partial charge < -0.3 is 10.2 Å². The van der Waals surface area contributed by atoms with E-state index >= 15 is 0 Å². The number of aromatic nitrogens is 1. The van der Waals surface area contributed by atoms with E-state index in [0.717, 1.165) is 23.9 Å². The standard InChI is InChI=1S/C24H22F4N4O3S/c25-17-7-5-15(6-8-17)16-9-11-32(12-10-16)23(33)18-14-30-22(36(29,34)35)13-21(18)31-20-4-2-1-3-19(20)24(26,27)28/h1-8,13-14,16H,9-12H2,(H,30,31)(H2,29,34,35). The number of para-hydroxylation sites is 1. The number of nitrogens with one attached hydrogen (secondary N) is 1. The topological polar surface area (TPSA) is 105 Å². The molecule has 0 bridgehead atoms. The lowest BCUT2D eigenvalue weighted by molar-refractivity contribution is -0.136. The van der Waals surface area contributed by atoms with Crippen LogP contribution in [0.15, 0.2) is 65.8 Å². The van der Waals surface area contributed by atoms with Crippen molar-refractivity contribution in [2.24, 2.45) is 5.14 Å². The van der Waals surface area contributed by atoms with Gasteiger partial charge in [-0.1, -0.05) is 24.3 Å². The van der Waals surface area contributed by atoms with E-state index in [9.17, 15) is 30.8 Å². The minimum atomic E-state index is -4.69. The number of anilines is 2. The highest BCUT2D eigenvalue weighted by Crippen LogP contribution is 2.37. The number of nitrogens with two attached hydrogens (primary N) is 1. The molecule has 12 heteroatoms. The van der Waals surface area contributed by atoms with E-state index in [-0.39, 0.29) is 28.7 Å². The maximum atomic E-state index is 13.5. The molecule has 1 saturated heterocycles. The molecule has 3 aromatic rings. The summed E-state index contributed by atoms with van der Waals surface area (Å²) in [5.74, 6) is -0.740. The second-order valence-electron chi connectivity index (χ2n) is 8.40. The van der Waals surface area contributed by atoms with Crippen LogP contribution in [-0.4, -0.2) is 37.3 Å². The number of likely N-dealkylation sites (tertiary alicyclic amines) is 1. The van der Waals surface area contributed by atoms with Crippen molar-refractivity contribution < 1.29 is 30.8 Å². The first-order chi connectivity index (χ1) is 16.9. The lowest BCUT2D eigenvalue weighted by atomic mass is 9.89. The van der Waals surface area contributed by atoms with E-state index in [2.05, 4.69) is 10.3 Å². The molecule has 1 aromatic heterocycles. The van der Waals surface area contributed by atoms with E-state index in [1.807, 2.05) is 0 Å². The van der Waals surface area contributed by atoms with Crippen LogP contribution in [0.3, 0.4) is 0 Å². The molecule has 190 valence electrons. The second kappa shape index (κ2) is 9.86. The number of alkyl halides is 3. The molecule has 2 heterocycles. The molecular formula is C24H22F4N4O3S. The van der Waals surface area contributed by atoms with Gasteiger partial charge in [-0.05, 0) is 48.6 Å². The summed E-state index contributed by atoms with van der Waals surface area (Å²) in [7, 11) is -4.29. The van der Waals surface area contributed by atoms with Crippen molar-refractivity contribution in [1.29, 1.82) is 0 Å². The highest BCUT2D eigenvalue weighted by Gasteiger charge is 2.34. The summed E-state index contributed by atoms with van der Waals surface area (Å²) in [5.41, 5.74) is -0.664. The zero-order valence-electron chi connectivity index (χ0n) is 18.8. The van der Waals surface area contributed by atoms with Gasteiger partial charge in [-0.25, -0.2) is 22.9 Å². The van der Waals surface area contributed by atoms with E-state index in [0.29, 0.717) is 25.9 Å². The average Bonchev–Trinajstić information content (AvgIpc) is 2.83. The maximum Gasteiger partial charge on any atom is 0.418 e. The molecule has 0 unspecified atom stereocenters. The maximum absolute atomic E-state index is 13.5. The third kappa shape index (κ3) is 5.65. The normalized spacial score (nSPS) is 15.1. The number of amides is 1. The zero-order chi connectivity index (χ0) is 26.1. The van der Waals surface area contributed by atoms with Crippen LogP contribution >= 0.6 is 0 Å². The van der Waals surface area contributed by atoms with Crippen molar-refractivity contribution in [2.75, 3.05) is 18.4 Å². The number of hydrogen-bond donors (Lipinski definition) is 2. The molecule has 0 atom stereocenters. The molecule has 36 heavy (non-hydrogen) atoms. The van der Waals surface area contributed by atoms with Crippen molar-refractivity contribution in [3.8, 4) is 0 Å². The molecule has 0 radical (unpaired) electrons. The Kier molecular flexibility index (Phi) is 7.01. The third-order valence-electron chi connectivity index (χ3n) is 6.03. The fourth-order valence-corrected chi connectivity index (χ4v) is 4.65. The van der Waals surface area contributed by atoms with Crippen LogP contribution in [-0.2, 0) is 16.2 Å². The number of halogens is 4. The lowest BCUT2D eigenvalue weighted by Gasteiger charge is -2.32. The molecule has 0 aliphatic carbocycles. The number of pyridine rings is 1. The number of benzene rings is 2. The van der Waals surface area contributed by atoms with Crippen LogP contribution in [0.4, 0.5) is 28.9 Å². The minimum Gasteiger partial charge on any atom is -0.354 e. The summed E-state index contributed by atoms with van der Waals surface area (Å²) in [6, 6.07) is 11.7. The summed E-state index contributed by atoms with van der Waals surface area (Å²) >= 11 is 0. The molecule has 7 nitrogen and oxygen atoms in total. The Morgan fingerprint density at radius 3 is 2.28 bits per heavy atom. The number of primary sulfonamides is 1. The van der Waals surface area contributed by atoms with E-state index in [1.165, 1.54) is 35.2 Å². The number of carbonyl (C=O) groups is 1. The Morgan fingerprint density at radius 2 is 1.67 bits per heavy atom. The van der Waals surface area contributed by atoms with Crippen LogP contribution in [0.25, 0.3) is 0 Å². The molecular weight excluding hydrogens is 500 g/mol. The number of carbonyl (C=O) groups excluding carboxylic acids is 1. The van der Waals surface area contributed by atoms with Crippen molar-refractivity contribution >= 4 is 27.3 Å². The SMILES string of the molecule is NS(=O)(=O)c1cc(Nc2ccccc2C(F)(F)F)c(C(=O)N2CCC(c3ccc(F)cc3)CC2)cn1. The van der Waals surface area contributed by atoms with E-state index in [1.54, 1.807) is 12.1 Å². The second-order valence-corrected chi connectivity index (χ2v) is 9.91. The van der Waals surface area contributed by atoms with Gasteiger partial charge in [-0.3, -0.25) is 4.79 Å². The molecule has 1 fully saturated rings. The largest absolute Gasteiger partial charge is 0.418 e. The summed E-state index contributed by atoms with van der Waals surface area (Å²) in [5, 5.41) is 7.11. The van der Waals surface area contributed by atoms with Gasteiger partial charge in [0.25, 0.3) is 15.9 Å². The summed E-state index contributed by atoms with van der Waals surface area (Å²) in [6.45, 7) is 0.687. The predicted molar refractivity (Wildman–Crippen MR) is 125 cm³/mol. The predicted octanol–water partition coefficient (Wildman–Crippen LogP) is 4.65. The Labute approximate surface area is 205 Å². The molecule has 2 aromatic carbocycles. The van der Waals surface area contributed by atoms with Crippen molar-refractivity contribution in [2.45, 2.75) is 30.0 Å². The Morgan fingerprint density at radius 1 is 1.03 bits per heavy atom. The third-order valence-corrected chi connectivity index (χ3v) is 6.83. The van der Waals surface area contributed by atoms with Gasteiger partial charge in [-0.15, -0.1) is 0 Å². The molecule has 3 N–H and O–H groups in total. The Balaban J connectivity index is 1.62. The van der Waals surface area contributed by atoms with Crippen LogP contribution < -0.4 is 10.5 Å². The number of rotatable bonds is 5. The summed E-state index contributed by atoms with van der Waals surface area (Å²) in [6.07, 6.45) is -2.50. The first kappa shape index (κ1) is 25.6. The highest BCUT2D eigenvalue weighted by atomic mass is 32.2. The highest BCUT2D eigenvalue weighted by molar-refractivity contribution is 7.89. The fraction of sp³-hybridized carbons (Fsp3) is 0.250. The van der Waals surface area contributed by atoms with Crippen LogP contribution in [0.2, 0.25) is 0 Å². The van der Waals surface area contributed by atoms with Gasteiger partial charge in [0, 0.05) is 25.4 Å². The number of sulfonamides is 1. The van der Waals surface area contributed by atoms with Crippen LogP contribution in [0.5, 0.6) is 0 Å². The van der Waals surface area contributed by atoms with Gasteiger partial charge in [0.2, 0.25) is 0 Å². The van der Waals surface area contributed by atoms with Crippen LogP contribution in [0.1, 0.15) is 40.2 Å². The number of piperidine rings is 1. The smallest absolute Gasteiger partial charge is 0.354 e. The van der Waals surface area contributed by atoms with Gasteiger partial charge in [0.15, 0.2) is 5.03 Å². The summed E-state index contributed by atoms with van der Waals surface area (Å²) in [4.78, 5) is 18.6. The van der Waals surface area contributed by atoms with Gasteiger partial charge >= 0.3 is 6.18 Å². The van der Waals surface area contributed by atoms with Gasteiger partial charge in [-0.2, -0.15) is 13.2 Å². The first-order valence-corrected chi connectivity index (χ1v) is 12.5. The first-order valence-electron chi connectivity index (χ1n) is 10.9. The molecule has 1 aliphatic heterocycles. The van der Waals surface area contributed by atoms with Crippen molar-refractivity contribution in [1.82, 2.24) is 9.88 Å². The molecule has 1 amide bonds. The van der Waals surface area contributed by atoms with Crippen molar-refractivity contribution in [3.63, 3.8) is 0 Å². The zero-order valence-corrected chi connectivity index (χ0v) is 19.6. The monoisotopic (exact) mass is 522 g/mol. The Bertz CT molecular complexity index is 1370. The van der Waals surface area contributed by atoms with Crippen LogP contribution in [0, 0.1) is 5.82 Å². The summed E-state index contributed by atoms with van der Waals surface area (Å²) < 4.78 is 77.4. The number of nitrogens with zero attached hydrogens (tertiary/aromatic N) is 2. The fourth-order valence-electron chi connectivity index (χ4n) is 4.17. The minimum absolute atomic E-state index is 0.0976. The average molecular weight is 523 g/mol. The van der Waals surface area contributed by atoms with Gasteiger partial charge in [0.05, 0.1) is 22.5 Å².